The summed E-state index contributed by atoms with van der Waals surface area (Å²) in [6.45, 7) is 9.75. The molecule has 0 aliphatic rings. The lowest BCUT2D eigenvalue weighted by atomic mass is 10.1. The Kier molecular flexibility index (Phi) is 5.01. The van der Waals surface area contributed by atoms with Crippen molar-refractivity contribution in [3.05, 3.63) is 12.1 Å². The molecule has 1 aromatic heterocycles. The lowest BCUT2D eigenvalue weighted by Gasteiger charge is -2.32. The second-order valence-electron chi connectivity index (χ2n) is 5.61. The first-order valence-corrected chi connectivity index (χ1v) is 8.46. The van der Waals surface area contributed by atoms with Gasteiger partial charge in [0.2, 0.25) is 0 Å². The van der Waals surface area contributed by atoms with E-state index in [1.165, 1.54) is 0 Å². The molecule has 0 aliphatic carbocycles. The molecule has 0 aliphatic heterocycles. The molecule has 2 aromatic rings. The topological polar surface area (TPSA) is 34.6 Å². The summed E-state index contributed by atoms with van der Waals surface area (Å²) in [6.07, 6.45) is 0. The van der Waals surface area contributed by atoms with Crippen LogP contribution in [-0.2, 0) is 0 Å². The van der Waals surface area contributed by atoms with Crippen LogP contribution in [0.2, 0.25) is 0 Å². The summed E-state index contributed by atoms with van der Waals surface area (Å²) in [5, 5.41) is 0. The van der Waals surface area contributed by atoms with Gasteiger partial charge in [-0.15, -0.1) is 11.3 Å². The van der Waals surface area contributed by atoms with Crippen LogP contribution in [0.1, 0.15) is 27.7 Å². The Morgan fingerprint density at radius 2 is 1.95 bits per heavy atom. The molecule has 0 atom stereocenters. The van der Waals surface area contributed by atoms with Gasteiger partial charge in [-0.25, -0.2) is 9.29 Å². The van der Waals surface area contributed by atoms with Crippen molar-refractivity contribution >= 4 is 33.5 Å². The Morgan fingerprint density at radius 1 is 1.24 bits per heavy atom. The van der Waals surface area contributed by atoms with Gasteiger partial charge in [0.05, 0.1) is 18.9 Å². The van der Waals surface area contributed by atoms with E-state index in [2.05, 4.69) is 32.0 Å². The van der Waals surface area contributed by atoms with Crippen LogP contribution in [0.3, 0.4) is 0 Å². The summed E-state index contributed by atoms with van der Waals surface area (Å²) in [5.41, 5.74) is 0.995. The fraction of sp³-hybridized carbons (Fsp3) is 0.533. The van der Waals surface area contributed by atoms with Crippen LogP contribution in [-0.4, -0.2) is 35.6 Å². The minimum absolute atomic E-state index is 0.0963. The molecule has 0 bridgehead atoms. The number of thiazole rings is 1. The molecule has 0 unspecified atom stereocenters. The smallest absolute Gasteiger partial charge is 0.166 e. The van der Waals surface area contributed by atoms with Crippen molar-refractivity contribution < 1.29 is 9.47 Å². The summed E-state index contributed by atoms with van der Waals surface area (Å²) in [7, 11) is 3.32. The van der Waals surface area contributed by atoms with Crippen molar-refractivity contribution in [1.29, 1.82) is 0 Å². The third-order valence-electron chi connectivity index (χ3n) is 3.09. The molecule has 0 spiro atoms. The third kappa shape index (κ3) is 3.62. The average molecular weight is 326 g/mol. The van der Waals surface area contributed by atoms with Crippen molar-refractivity contribution in [2.24, 2.45) is 0 Å². The number of methoxy groups -OCH3 is 2. The maximum absolute atomic E-state index is 5.42. The Morgan fingerprint density at radius 3 is 2.48 bits per heavy atom. The van der Waals surface area contributed by atoms with E-state index in [0.717, 1.165) is 32.6 Å². The molecule has 6 heteroatoms. The van der Waals surface area contributed by atoms with E-state index in [4.69, 9.17) is 14.5 Å². The van der Waals surface area contributed by atoms with E-state index in [0.29, 0.717) is 0 Å². The lowest BCUT2D eigenvalue weighted by Crippen LogP contribution is -2.35. The fourth-order valence-corrected chi connectivity index (χ4v) is 4.19. The highest BCUT2D eigenvalue weighted by Crippen LogP contribution is 2.39. The molecule has 1 aromatic carbocycles. The maximum Gasteiger partial charge on any atom is 0.166 e. The number of hydrogen-bond acceptors (Lipinski definition) is 6. The van der Waals surface area contributed by atoms with Crippen molar-refractivity contribution in [2.45, 2.75) is 37.6 Å². The van der Waals surface area contributed by atoms with E-state index in [1.54, 1.807) is 37.5 Å². The molecular weight excluding hydrogens is 304 g/mol. The molecule has 0 fully saturated rings. The predicted molar refractivity (Wildman–Crippen MR) is 90.7 cm³/mol. The minimum Gasteiger partial charge on any atom is -0.497 e. The Balaban J connectivity index is 2.38. The number of benzene rings is 1. The largest absolute Gasteiger partial charge is 0.497 e. The number of fused-ring (bicyclic) bond motifs is 1. The van der Waals surface area contributed by atoms with Crippen molar-refractivity contribution in [2.75, 3.05) is 20.8 Å². The quantitative estimate of drug-likeness (QED) is 0.759. The van der Waals surface area contributed by atoms with E-state index >= 15 is 0 Å². The zero-order valence-corrected chi connectivity index (χ0v) is 15.0. The molecule has 0 amide bonds. The molecule has 0 saturated heterocycles. The van der Waals surface area contributed by atoms with E-state index in [1.807, 2.05) is 12.1 Å². The number of rotatable bonds is 5. The second kappa shape index (κ2) is 6.42. The number of ether oxygens (including phenoxy) is 2. The van der Waals surface area contributed by atoms with Gasteiger partial charge in [-0.3, -0.25) is 0 Å². The van der Waals surface area contributed by atoms with Crippen LogP contribution in [0, 0.1) is 0 Å². The first-order valence-electron chi connectivity index (χ1n) is 6.87. The Hall–Kier alpha value is -0.980. The van der Waals surface area contributed by atoms with Gasteiger partial charge >= 0.3 is 0 Å². The van der Waals surface area contributed by atoms with E-state index < -0.39 is 0 Å². The highest BCUT2D eigenvalue weighted by Gasteiger charge is 2.23. The molecule has 0 N–H and O–H groups in total. The van der Waals surface area contributed by atoms with Gasteiger partial charge in [0.1, 0.15) is 17.0 Å². The molecule has 116 valence electrons. The zero-order valence-electron chi connectivity index (χ0n) is 13.4. The van der Waals surface area contributed by atoms with E-state index in [-0.39, 0.29) is 5.54 Å². The summed E-state index contributed by atoms with van der Waals surface area (Å²) < 4.78 is 15.2. The summed E-state index contributed by atoms with van der Waals surface area (Å²) in [5.74, 6) is 1.55. The van der Waals surface area contributed by atoms with E-state index in [9.17, 15) is 0 Å². The van der Waals surface area contributed by atoms with Gasteiger partial charge in [0, 0.05) is 18.2 Å². The number of aromatic nitrogens is 1. The van der Waals surface area contributed by atoms with Crippen molar-refractivity contribution in [1.82, 2.24) is 9.29 Å². The molecule has 0 saturated carbocycles. The molecule has 1 heterocycles. The maximum atomic E-state index is 5.42. The van der Waals surface area contributed by atoms with Crippen LogP contribution < -0.4 is 9.47 Å². The third-order valence-corrected chi connectivity index (χ3v) is 5.64. The first-order chi connectivity index (χ1) is 9.88. The molecule has 21 heavy (non-hydrogen) atoms. The number of hydrogen-bond donors (Lipinski definition) is 0. The highest BCUT2D eigenvalue weighted by atomic mass is 32.2. The van der Waals surface area contributed by atoms with Gasteiger partial charge in [-0.1, -0.05) is 6.92 Å². The normalized spacial score (nSPS) is 12.1. The van der Waals surface area contributed by atoms with Gasteiger partial charge < -0.3 is 9.47 Å². The number of nitrogens with zero attached hydrogens (tertiary/aromatic N) is 2. The van der Waals surface area contributed by atoms with Gasteiger partial charge in [-0.05, 0) is 38.8 Å². The predicted octanol–water partition coefficient (Wildman–Crippen LogP) is 4.44. The summed E-state index contributed by atoms with van der Waals surface area (Å²) >= 11 is 3.36. The highest BCUT2D eigenvalue weighted by molar-refractivity contribution is 7.99. The summed E-state index contributed by atoms with van der Waals surface area (Å²) in [4.78, 5) is 4.72. The monoisotopic (exact) mass is 326 g/mol. The zero-order chi connectivity index (χ0) is 15.6. The van der Waals surface area contributed by atoms with Crippen LogP contribution >= 0.6 is 23.3 Å². The van der Waals surface area contributed by atoms with Crippen LogP contribution in [0.4, 0.5) is 0 Å². The van der Waals surface area contributed by atoms with Crippen LogP contribution in [0.25, 0.3) is 10.2 Å². The fourth-order valence-electron chi connectivity index (χ4n) is 2.04. The Labute approximate surface area is 134 Å². The molecular formula is C15H22N2O2S2. The minimum atomic E-state index is 0.0963. The Bertz CT molecular complexity index is 620. The lowest BCUT2D eigenvalue weighted by molar-refractivity contribution is 0.285. The second-order valence-corrected chi connectivity index (χ2v) is 7.91. The molecule has 0 radical (unpaired) electrons. The first kappa shape index (κ1) is 16.4. The average Bonchev–Trinajstić information content (AvgIpc) is 2.84. The van der Waals surface area contributed by atoms with Crippen molar-refractivity contribution in [3.63, 3.8) is 0 Å². The molecule has 4 nitrogen and oxygen atoms in total. The van der Waals surface area contributed by atoms with Crippen molar-refractivity contribution in [3.8, 4) is 11.5 Å². The van der Waals surface area contributed by atoms with Crippen LogP contribution in [0.5, 0.6) is 11.5 Å². The van der Waals surface area contributed by atoms with Gasteiger partial charge in [-0.2, -0.15) is 0 Å². The van der Waals surface area contributed by atoms with Gasteiger partial charge in [0.25, 0.3) is 0 Å². The van der Waals surface area contributed by atoms with Gasteiger partial charge in [0.15, 0.2) is 4.34 Å². The molecule has 2 rings (SSSR count). The SMILES string of the molecule is CCN(Sc1nc2c(OC)cc(OC)cc2s1)C(C)(C)C. The summed E-state index contributed by atoms with van der Waals surface area (Å²) in [6, 6.07) is 3.88. The standard InChI is InChI=1S/C15H22N2O2S2/c1-7-17(15(2,3)4)21-14-16-13-11(19-6)8-10(18-5)9-12(13)20-14/h8-9H,7H2,1-6H3. The van der Waals surface area contributed by atoms with Crippen LogP contribution in [0.15, 0.2) is 16.5 Å².